The van der Waals surface area contributed by atoms with E-state index in [4.69, 9.17) is 4.74 Å². The minimum atomic E-state index is -0.552. The SMILES string of the molecule is O=C(COc1ccccc1)Nc1cccc(N2CCCN(Cc3cc(F)ccc3F)C2=O)c1. The van der Waals surface area contributed by atoms with Gasteiger partial charge in [-0.15, -0.1) is 0 Å². The second-order valence-electron chi connectivity index (χ2n) is 7.65. The van der Waals surface area contributed by atoms with Crippen molar-refractivity contribution in [2.24, 2.45) is 0 Å². The Morgan fingerprint density at radius 3 is 2.61 bits per heavy atom. The molecule has 1 heterocycles. The Morgan fingerprint density at radius 2 is 1.79 bits per heavy atom. The Kier molecular flexibility index (Phi) is 6.83. The van der Waals surface area contributed by atoms with Crippen LogP contribution < -0.4 is 15.0 Å². The Labute approximate surface area is 190 Å². The number of nitrogens with one attached hydrogen (secondary N) is 1. The molecule has 8 heteroatoms. The molecule has 1 aliphatic heterocycles. The van der Waals surface area contributed by atoms with Gasteiger partial charge in [0.25, 0.3) is 5.91 Å². The Morgan fingerprint density at radius 1 is 0.970 bits per heavy atom. The largest absolute Gasteiger partial charge is 0.484 e. The van der Waals surface area contributed by atoms with Gasteiger partial charge in [0.1, 0.15) is 17.4 Å². The fraction of sp³-hybridized carbons (Fsp3) is 0.200. The number of benzene rings is 3. The molecule has 0 bridgehead atoms. The van der Waals surface area contributed by atoms with Gasteiger partial charge in [-0.05, 0) is 55.0 Å². The standard InChI is InChI=1S/C25H23F2N3O3/c26-19-10-11-23(27)18(14-19)16-29-12-5-13-30(25(29)32)21-7-4-6-20(15-21)28-24(31)17-33-22-8-2-1-3-9-22/h1-4,6-11,14-15H,5,12-13,16-17H2,(H,28,31). The lowest BCUT2D eigenvalue weighted by atomic mass is 10.1. The third-order valence-electron chi connectivity index (χ3n) is 5.23. The highest BCUT2D eigenvalue weighted by Gasteiger charge is 2.27. The van der Waals surface area contributed by atoms with Crippen LogP contribution in [0.4, 0.5) is 25.0 Å². The summed E-state index contributed by atoms with van der Waals surface area (Å²) in [4.78, 5) is 28.4. The monoisotopic (exact) mass is 451 g/mol. The zero-order chi connectivity index (χ0) is 23.2. The van der Waals surface area contributed by atoms with Gasteiger partial charge in [-0.25, -0.2) is 13.6 Å². The molecule has 1 aliphatic rings. The molecule has 0 spiro atoms. The third kappa shape index (κ3) is 5.65. The van der Waals surface area contributed by atoms with Crippen molar-refractivity contribution in [3.05, 3.63) is 90.0 Å². The van der Waals surface area contributed by atoms with Gasteiger partial charge >= 0.3 is 6.03 Å². The number of carbonyl (C=O) groups is 2. The predicted molar refractivity (Wildman–Crippen MR) is 121 cm³/mol. The van der Waals surface area contributed by atoms with Crippen LogP contribution in [-0.4, -0.2) is 36.5 Å². The zero-order valence-corrected chi connectivity index (χ0v) is 17.8. The van der Waals surface area contributed by atoms with Crippen molar-refractivity contribution in [3.8, 4) is 5.75 Å². The Bertz CT molecular complexity index is 1140. The first kappa shape index (κ1) is 22.3. The molecular weight excluding hydrogens is 428 g/mol. The molecule has 3 amide bonds. The predicted octanol–water partition coefficient (Wildman–Crippen LogP) is 4.81. The molecule has 6 nitrogen and oxygen atoms in total. The van der Waals surface area contributed by atoms with Gasteiger partial charge in [-0.3, -0.25) is 9.69 Å². The van der Waals surface area contributed by atoms with E-state index in [0.29, 0.717) is 36.6 Å². The Balaban J connectivity index is 1.41. The van der Waals surface area contributed by atoms with Crippen LogP contribution in [0, 0.1) is 11.6 Å². The van der Waals surface area contributed by atoms with Crippen molar-refractivity contribution in [1.82, 2.24) is 4.90 Å². The quantitative estimate of drug-likeness (QED) is 0.561. The number of halogens is 2. The van der Waals surface area contributed by atoms with Gasteiger partial charge in [0.15, 0.2) is 6.61 Å². The van der Waals surface area contributed by atoms with Crippen molar-refractivity contribution in [2.75, 3.05) is 29.9 Å². The molecule has 0 radical (unpaired) electrons. The highest BCUT2D eigenvalue weighted by Crippen LogP contribution is 2.25. The summed E-state index contributed by atoms with van der Waals surface area (Å²) in [5, 5.41) is 2.76. The summed E-state index contributed by atoms with van der Waals surface area (Å²) in [6.45, 7) is 0.754. The number of hydrogen-bond donors (Lipinski definition) is 1. The lowest BCUT2D eigenvalue weighted by molar-refractivity contribution is -0.118. The first-order valence-corrected chi connectivity index (χ1v) is 10.6. The van der Waals surface area contributed by atoms with Crippen LogP contribution in [-0.2, 0) is 11.3 Å². The molecule has 170 valence electrons. The van der Waals surface area contributed by atoms with E-state index in [9.17, 15) is 18.4 Å². The molecule has 3 aromatic carbocycles. The number of ether oxygens (including phenoxy) is 1. The van der Waals surface area contributed by atoms with Gasteiger partial charge < -0.3 is 15.0 Å². The highest BCUT2D eigenvalue weighted by molar-refractivity contribution is 5.95. The van der Waals surface area contributed by atoms with E-state index >= 15 is 0 Å². The first-order valence-electron chi connectivity index (χ1n) is 10.6. The van der Waals surface area contributed by atoms with Crippen molar-refractivity contribution in [2.45, 2.75) is 13.0 Å². The smallest absolute Gasteiger partial charge is 0.324 e. The highest BCUT2D eigenvalue weighted by atomic mass is 19.1. The summed E-state index contributed by atoms with van der Waals surface area (Å²) in [5.41, 5.74) is 1.26. The molecule has 0 atom stereocenters. The molecule has 1 N–H and O–H groups in total. The average molecular weight is 451 g/mol. The molecule has 1 fully saturated rings. The Hall–Kier alpha value is -3.94. The van der Waals surface area contributed by atoms with E-state index in [1.807, 2.05) is 18.2 Å². The number of amides is 3. The third-order valence-corrected chi connectivity index (χ3v) is 5.23. The number of urea groups is 1. The van der Waals surface area contributed by atoms with Crippen LogP contribution in [0.2, 0.25) is 0 Å². The first-order chi connectivity index (χ1) is 16.0. The second kappa shape index (κ2) is 10.1. The summed E-state index contributed by atoms with van der Waals surface area (Å²) in [6.07, 6.45) is 0.671. The van der Waals surface area contributed by atoms with Gasteiger partial charge in [-0.2, -0.15) is 0 Å². The van der Waals surface area contributed by atoms with Crippen LogP contribution >= 0.6 is 0 Å². The number of anilines is 2. The molecule has 0 unspecified atom stereocenters. The maximum Gasteiger partial charge on any atom is 0.324 e. The normalized spacial score (nSPS) is 13.7. The van der Waals surface area contributed by atoms with Crippen LogP contribution in [0.15, 0.2) is 72.8 Å². The van der Waals surface area contributed by atoms with E-state index in [2.05, 4.69) is 5.32 Å². The maximum atomic E-state index is 14.0. The number of carbonyl (C=O) groups excluding carboxylic acids is 2. The molecule has 0 aliphatic carbocycles. The summed E-state index contributed by atoms with van der Waals surface area (Å²) in [6, 6.07) is 18.8. The van der Waals surface area contributed by atoms with Gasteiger partial charge in [0, 0.05) is 30.0 Å². The van der Waals surface area contributed by atoms with Crippen LogP contribution in [0.1, 0.15) is 12.0 Å². The molecule has 0 saturated carbocycles. The van der Waals surface area contributed by atoms with E-state index in [0.717, 1.165) is 18.2 Å². The van der Waals surface area contributed by atoms with Gasteiger partial charge in [-0.1, -0.05) is 24.3 Å². The number of rotatable bonds is 7. The van der Waals surface area contributed by atoms with E-state index in [1.165, 1.54) is 4.90 Å². The fourth-order valence-electron chi connectivity index (χ4n) is 3.65. The average Bonchev–Trinajstić information content (AvgIpc) is 2.82. The van der Waals surface area contributed by atoms with E-state index < -0.39 is 11.6 Å². The number of nitrogens with zero attached hydrogens (tertiary/aromatic N) is 2. The van der Waals surface area contributed by atoms with Gasteiger partial charge in [0.2, 0.25) is 0 Å². The summed E-state index contributed by atoms with van der Waals surface area (Å²) >= 11 is 0. The van der Waals surface area contributed by atoms with Crippen molar-refractivity contribution < 1.29 is 23.1 Å². The molecular formula is C25H23F2N3O3. The summed E-state index contributed by atoms with van der Waals surface area (Å²) in [7, 11) is 0. The fourth-order valence-corrected chi connectivity index (χ4v) is 3.65. The minimum absolute atomic E-state index is 0.0216. The van der Waals surface area contributed by atoms with Crippen molar-refractivity contribution >= 4 is 23.3 Å². The molecule has 1 saturated heterocycles. The molecule has 33 heavy (non-hydrogen) atoms. The van der Waals surface area contributed by atoms with Crippen molar-refractivity contribution in [3.63, 3.8) is 0 Å². The van der Waals surface area contributed by atoms with Crippen LogP contribution in [0.3, 0.4) is 0 Å². The van der Waals surface area contributed by atoms with Crippen LogP contribution in [0.25, 0.3) is 0 Å². The van der Waals surface area contributed by atoms with Gasteiger partial charge in [0.05, 0.1) is 6.54 Å². The molecule has 0 aromatic heterocycles. The van der Waals surface area contributed by atoms with E-state index in [-0.39, 0.29) is 30.7 Å². The maximum absolute atomic E-state index is 14.0. The molecule has 3 aromatic rings. The lowest BCUT2D eigenvalue weighted by Gasteiger charge is -2.36. The minimum Gasteiger partial charge on any atom is -0.484 e. The van der Waals surface area contributed by atoms with Crippen LogP contribution in [0.5, 0.6) is 5.75 Å². The van der Waals surface area contributed by atoms with E-state index in [1.54, 1.807) is 41.3 Å². The number of para-hydroxylation sites is 1. The van der Waals surface area contributed by atoms with Crippen molar-refractivity contribution in [1.29, 1.82) is 0 Å². The second-order valence-corrected chi connectivity index (χ2v) is 7.65. The molecule has 4 rings (SSSR count). The summed E-state index contributed by atoms with van der Waals surface area (Å²) < 4.78 is 33.0. The summed E-state index contributed by atoms with van der Waals surface area (Å²) in [5.74, 6) is -0.838. The topological polar surface area (TPSA) is 61.9 Å². The lowest BCUT2D eigenvalue weighted by Crippen LogP contribution is -2.49. The zero-order valence-electron chi connectivity index (χ0n) is 17.8. The number of hydrogen-bond acceptors (Lipinski definition) is 3.